The van der Waals surface area contributed by atoms with E-state index in [9.17, 15) is 23.5 Å². The number of aliphatic imine (C=N–C) groups is 1. The summed E-state index contributed by atoms with van der Waals surface area (Å²) in [6.45, 7) is 3.36. The number of allylic oxidation sites excluding steroid dienone is 2. The number of anilines is 1. The number of halogens is 5. The quantitative estimate of drug-likeness (QED) is 0.0430. The zero-order valence-corrected chi connectivity index (χ0v) is 28.1. The van der Waals surface area contributed by atoms with Crippen LogP contribution in [0.5, 0.6) is 5.75 Å². The van der Waals surface area contributed by atoms with Crippen LogP contribution in [0.3, 0.4) is 0 Å². The number of thioether (sulfide) groups is 1. The third-order valence-corrected chi connectivity index (χ3v) is 9.44. The van der Waals surface area contributed by atoms with Crippen LogP contribution in [0.1, 0.15) is 30.4 Å². The second kappa shape index (κ2) is 16.8. The summed E-state index contributed by atoms with van der Waals surface area (Å²) in [4.78, 5) is 32.4. The number of amides is 1. The summed E-state index contributed by atoms with van der Waals surface area (Å²) >= 11 is 17.8. The summed E-state index contributed by atoms with van der Waals surface area (Å²) in [6, 6.07) is 9.21. The minimum Gasteiger partial charge on any atom is -0.515 e. The van der Waals surface area contributed by atoms with Crippen molar-refractivity contribution >= 4 is 70.7 Å². The highest BCUT2D eigenvalue weighted by Gasteiger charge is 2.32. The molecule has 1 saturated carbocycles. The van der Waals surface area contributed by atoms with Crippen molar-refractivity contribution in [2.45, 2.75) is 48.7 Å². The van der Waals surface area contributed by atoms with Crippen LogP contribution < -0.4 is 4.90 Å². The van der Waals surface area contributed by atoms with Gasteiger partial charge in [0.25, 0.3) is 0 Å². The Morgan fingerprint density at radius 2 is 1.78 bits per heavy atom. The zero-order chi connectivity index (χ0) is 33.3. The molecule has 2 N–H and O–H groups in total. The number of aliphatic hydroxyl groups excluding tert-OH is 1. The SMILES string of the molecule is CN1Cc2cc(O)c(N(C=O)CCCN(C)C3CC3)cc2C1.CN=C(/C=C(Sc1c(Cl)cccc1Cl)\C(C=O)=C/O)C(F)(F)Cl. The van der Waals surface area contributed by atoms with Gasteiger partial charge < -0.3 is 20.0 Å². The second-order valence-electron chi connectivity index (χ2n) is 10.6. The summed E-state index contributed by atoms with van der Waals surface area (Å²) in [5.41, 5.74) is 1.96. The fraction of sp³-hybridized carbons (Fsp3) is 0.387. The lowest BCUT2D eigenvalue weighted by atomic mass is 10.1. The molecule has 8 nitrogen and oxygen atoms in total. The molecule has 1 amide bonds. The molecule has 1 heterocycles. The van der Waals surface area contributed by atoms with Crippen molar-refractivity contribution in [2.75, 3.05) is 39.1 Å². The molecule has 0 aromatic heterocycles. The number of carbonyl (C=O) groups is 2. The van der Waals surface area contributed by atoms with Crippen LogP contribution in [0.15, 0.2) is 63.0 Å². The lowest BCUT2D eigenvalue weighted by Crippen LogP contribution is -2.28. The molecule has 0 radical (unpaired) electrons. The first-order chi connectivity index (χ1) is 21.3. The van der Waals surface area contributed by atoms with Gasteiger partial charge in [-0.3, -0.25) is 19.5 Å². The molecule has 14 heteroatoms. The van der Waals surface area contributed by atoms with Crippen LogP contribution >= 0.6 is 46.6 Å². The molecule has 1 aliphatic heterocycles. The Balaban J connectivity index is 0.000000245. The van der Waals surface area contributed by atoms with E-state index in [1.807, 2.05) is 6.07 Å². The first-order valence-corrected chi connectivity index (χ1v) is 15.9. The third-order valence-electron chi connectivity index (χ3n) is 7.17. The lowest BCUT2D eigenvalue weighted by molar-refractivity contribution is -0.107. The van der Waals surface area contributed by atoms with Gasteiger partial charge in [0.2, 0.25) is 6.41 Å². The Morgan fingerprint density at radius 3 is 2.29 bits per heavy atom. The molecule has 0 atom stereocenters. The van der Waals surface area contributed by atoms with Crippen LogP contribution in [0.4, 0.5) is 14.5 Å². The number of fused-ring (bicyclic) bond motifs is 1. The van der Waals surface area contributed by atoms with Crippen LogP contribution in [-0.2, 0) is 22.7 Å². The molecule has 2 aromatic rings. The van der Waals surface area contributed by atoms with Crippen molar-refractivity contribution in [1.29, 1.82) is 0 Å². The molecule has 1 fully saturated rings. The van der Waals surface area contributed by atoms with Gasteiger partial charge in [-0.1, -0.05) is 41.0 Å². The number of aliphatic hydroxyl groups is 1. The number of hydrogen-bond acceptors (Lipinski definition) is 8. The Morgan fingerprint density at radius 1 is 1.16 bits per heavy atom. The number of alkyl halides is 3. The zero-order valence-electron chi connectivity index (χ0n) is 25.0. The number of benzene rings is 2. The van der Waals surface area contributed by atoms with Gasteiger partial charge in [-0.05, 0) is 93.0 Å². The molecule has 2 aromatic carbocycles. The number of phenolic OH excluding ortho intramolecular Hbond substituents is 1. The van der Waals surface area contributed by atoms with Gasteiger partial charge in [-0.15, -0.1) is 0 Å². The van der Waals surface area contributed by atoms with Crippen molar-refractivity contribution in [3.63, 3.8) is 0 Å². The molecule has 45 heavy (non-hydrogen) atoms. The fourth-order valence-electron chi connectivity index (χ4n) is 4.65. The van der Waals surface area contributed by atoms with Crippen LogP contribution in [-0.4, -0.2) is 84.1 Å². The first-order valence-electron chi connectivity index (χ1n) is 14.0. The topological polar surface area (TPSA) is 96.7 Å². The molecule has 1 aliphatic carbocycles. The van der Waals surface area contributed by atoms with E-state index in [2.05, 4.69) is 28.9 Å². The third kappa shape index (κ3) is 10.4. The number of carbonyl (C=O) groups excluding carboxylic acids is 2. The Bertz CT molecular complexity index is 1440. The smallest absolute Gasteiger partial charge is 0.364 e. The first kappa shape index (κ1) is 36.8. The Labute approximate surface area is 280 Å². The van der Waals surface area contributed by atoms with Gasteiger partial charge in [0.05, 0.1) is 27.6 Å². The van der Waals surface area contributed by atoms with Gasteiger partial charge in [0.15, 0.2) is 6.29 Å². The van der Waals surface area contributed by atoms with Crippen molar-refractivity contribution in [1.82, 2.24) is 9.80 Å². The van der Waals surface area contributed by atoms with Gasteiger partial charge in [0.1, 0.15) is 11.5 Å². The minimum atomic E-state index is -3.74. The summed E-state index contributed by atoms with van der Waals surface area (Å²) in [5, 5.41) is 16.1. The van der Waals surface area contributed by atoms with E-state index >= 15 is 0 Å². The van der Waals surface area contributed by atoms with E-state index in [0.29, 0.717) is 29.7 Å². The van der Waals surface area contributed by atoms with Crippen LogP contribution in [0, 0.1) is 0 Å². The monoisotopic (exact) mass is 702 g/mol. The largest absolute Gasteiger partial charge is 0.515 e. The number of phenols is 1. The predicted octanol–water partition coefficient (Wildman–Crippen LogP) is 7.30. The lowest BCUT2D eigenvalue weighted by Gasteiger charge is -2.22. The number of hydrogen-bond donors (Lipinski definition) is 2. The molecule has 0 spiro atoms. The molecule has 2 aliphatic rings. The van der Waals surface area contributed by atoms with Gasteiger partial charge >= 0.3 is 5.38 Å². The molecular formula is C31H35Cl3F2N4O4S. The van der Waals surface area contributed by atoms with Gasteiger partial charge in [0, 0.05) is 42.5 Å². The summed E-state index contributed by atoms with van der Waals surface area (Å²) < 4.78 is 26.5. The van der Waals surface area contributed by atoms with E-state index in [-0.39, 0.29) is 26.3 Å². The average Bonchev–Trinajstić information content (AvgIpc) is 3.77. The summed E-state index contributed by atoms with van der Waals surface area (Å²) in [5.74, 6) is 0.205. The fourth-order valence-corrected chi connectivity index (χ4v) is 6.36. The van der Waals surface area contributed by atoms with Gasteiger partial charge in [-0.25, -0.2) is 0 Å². The normalized spacial score (nSPS) is 15.9. The molecule has 4 rings (SSSR count). The van der Waals surface area contributed by atoms with E-state index in [1.54, 1.807) is 29.2 Å². The molecule has 0 saturated heterocycles. The summed E-state index contributed by atoms with van der Waals surface area (Å²) in [6.07, 6.45) is 6.01. The maximum absolute atomic E-state index is 13.3. The van der Waals surface area contributed by atoms with Crippen molar-refractivity contribution in [3.05, 3.63) is 74.3 Å². The average molecular weight is 704 g/mol. The second-order valence-corrected chi connectivity index (χ2v) is 13.0. The predicted molar refractivity (Wildman–Crippen MR) is 178 cm³/mol. The number of rotatable bonds is 13. The molecule has 0 bridgehead atoms. The van der Waals surface area contributed by atoms with Crippen molar-refractivity contribution in [2.24, 2.45) is 4.99 Å². The highest BCUT2D eigenvalue weighted by atomic mass is 35.5. The highest BCUT2D eigenvalue weighted by Crippen LogP contribution is 2.41. The van der Waals surface area contributed by atoms with Crippen molar-refractivity contribution in [3.8, 4) is 5.75 Å². The number of nitrogens with zero attached hydrogens (tertiary/aromatic N) is 4. The van der Waals surface area contributed by atoms with E-state index in [0.717, 1.165) is 69.0 Å². The Hall–Kier alpha value is -2.67. The van der Waals surface area contributed by atoms with Gasteiger partial charge in [-0.2, -0.15) is 8.78 Å². The van der Waals surface area contributed by atoms with E-state index in [1.165, 1.54) is 18.4 Å². The van der Waals surface area contributed by atoms with E-state index < -0.39 is 11.1 Å². The maximum atomic E-state index is 13.3. The van der Waals surface area contributed by atoms with Crippen LogP contribution in [0.25, 0.3) is 0 Å². The van der Waals surface area contributed by atoms with Crippen molar-refractivity contribution < 1.29 is 28.6 Å². The number of aromatic hydroxyl groups is 1. The summed E-state index contributed by atoms with van der Waals surface area (Å²) in [7, 11) is 5.32. The molecular weight excluding hydrogens is 669 g/mol. The highest BCUT2D eigenvalue weighted by molar-refractivity contribution is 8.03. The minimum absolute atomic E-state index is 0.0431. The van der Waals surface area contributed by atoms with Crippen LogP contribution in [0.2, 0.25) is 10.0 Å². The standard InChI is InChI=1S/C17H25N3O2.C14H10Cl3F2NO2S/c1-18-10-13-8-16(17(22)9-14(13)11-18)20(12-21)7-3-6-19(2)15-4-5-15;1-20-12(14(17,18)19)5-11(8(6-21)7-22)23-13-9(15)3-2-4-10(13)16/h8-9,12,15,22H,3-7,10-11H2,1-2H3;2-7,21H,1H3/b;8-6-,11-5+,20-12?. The maximum Gasteiger partial charge on any atom is 0.364 e. The molecule has 0 unspecified atom stereocenters. The molecule has 244 valence electrons. The Kier molecular flexibility index (Phi) is 13.7. The van der Waals surface area contributed by atoms with E-state index in [4.69, 9.17) is 39.9 Å². The number of aldehydes is 1.